The smallest absolute Gasteiger partial charge is 0.264 e. The minimum absolute atomic E-state index is 0.0271. The molecular weight excluding hydrogens is 334 g/mol. The maximum Gasteiger partial charge on any atom is 0.264 e. The zero-order valence-electron chi connectivity index (χ0n) is 15.1. The first-order valence-corrected chi connectivity index (χ1v) is 11.8. The van der Waals surface area contributed by atoms with Crippen LogP contribution in [-0.2, 0) is 15.1 Å². The summed E-state index contributed by atoms with van der Waals surface area (Å²) in [5.74, 6) is -0.260. The number of para-hydroxylation sites is 1. The number of amides is 1. The molecule has 1 aromatic rings. The van der Waals surface area contributed by atoms with E-state index in [4.69, 9.17) is 4.74 Å². The van der Waals surface area contributed by atoms with Gasteiger partial charge in [-0.1, -0.05) is 31.2 Å². The van der Waals surface area contributed by atoms with E-state index in [1.165, 1.54) is 0 Å². The Bertz CT molecular complexity index is 686. The van der Waals surface area contributed by atoms with Gasteiger partial charge in [0.05, 0.1) is 11.8 Å². The third kappa shape index (κ3) is 2.59. The average molecular weight is 362 g/mol. The molecule has 0 radical (unpaired) electrons. The van der Waals surface area contributed by atoms with Crippen molar-refractivity contribution in [1.82, 2.24) is 0 Å². The van der Waals surface area contributed by atoms with Crippen LogP contribution >= 0.6 is 0 Å². The molecule has 25 heavy (non-hydrogen) atoms. The molecule has 1 spiro atoms. The molecule has 2 heterocycles. The predicted octanol–water partition coefficient (Wildman–Crippen LogP) is 2.40. The zero-order chi connectivity index (χ0) is 18.4. The highest BCUT2D eigenvalue weighted by Crippen LogP contribution is 2.59. The molecule has 0 bridgehead atoms. The molecule has 3 rings (SSSR count). The van der Waals surface area contributed by atoms with Crippen molar-refractivity contribution in [2.75, 3.05) is 18.1 Å². The summed E-state index contributed by atoms with van der Waals surface area (Å²) in [6.45, 7) is 9.92. The van der Waals surface area contributed by atoms with Gasteiger partial charge in [-0.15, -0.1) is 6.58 Å². The molecule has 2 N–H and O–H groups in total. The van der Waals surface area contributed by atoms with E-state index in [1.807, 2.05) is 44.3 Å². The van der Waals surface area contributed by atoms with Gasteiger partial charge in [0.1, 0.15) is 0 Å². The molecule has 1 saturated heterocycles. The first-order chi connectivity index (χ1) is 11.8. The summed E-state index contributed by atoms with van der Waals surface area (Å²) in [6, 6.07) is 7.69. The Hall–Kier alpha value is -1.47. The molecule has 1 aromatic carbocycles. The summed E-state index contributed by atoms with van der Waals surface area (Å²) in [4.78, 5) is 26.0. The lowest BCUT2D eigenvalue weighted by Crippen LogP contribution is -2.46. The van der Waals surface area contributed by atoms with Gasteiger partial charge < -0.3 is 19.5 Å². The maximum absolute atomic E-state index is 13.4. The zero-order valence-corrected chi connectivity index (χ0v) is 16.1. The fourth-order valence-corrected chi connectivity index (χ4v) is 7.34. The van der Waals surface area contributed by atoms with Crippen LogP contribution in [0.3, 0.4) is 0 Å². The van der Waals surface area contributed by atoms with Gasteiger partial charge in [-0.25, -0.2) is 0 Å². The van der Waals surface area contributed by atoms with Crippen LogP contribution in [0.25, 0.3) is 0 Å². The Labute approximate surface area is 150 Å². The van der Waals surface area contributed by atoms with Crippen LogP contribution in [0.2, 0.25) is 18.6 Å². The first-order valence-electron chi connectivity index (χ1n) is 8.82. The summed E-state index contributed by atoms with van der Waals surface area (Å²) in [5, 5.41) is 9.47. The third-order valence-electron chi connectivity index (χ3n) is 5.62. The fraction of sp³-hybridized carbons (Fsp3) is 0.526. The lowest BCUT2D eigenvalue weighted by molar-refractivity contribution is -0.146. The van der Waals surface area contributed by atoms with Crippen molar-refractivity contribution in [2.24, 2.45) is 5.92 Å². The number of anilines is 1. The molecule has 2 aliphatic rings. The van der Waals surface area contributed by atoms with Gasteiger partial charge in [0.25, 0.3) is 5.91 Å². The molecular formula is C19H27NO4Si. The van der Waals surface area contributed by atoms with Gasteiger partial charge >= 0.3 is 0 Å². The van der Waals surface area contributed by atoms with E-state index >= 15 is 0 Å². The van der Waals surface area contributed by atoms with E-state index in [1.54, 1.807) is 11.0 Å². The van der Waals surface area contributed by atoms with Gasteiger partial charge in [0.2, 0.25) is 0 Å². The van der Waals surface area contributed by atoms with E-state index < -0.39 is 13.9 Å². The average Bonchev–Trinajstić information content (AvgIpc) is 2.97. The van der Waals surface area contributed by atoms with Crippen LogP contribution in [0.5, 0.6) is 0 Å². The standard InChI is InChI=1S/C19H27NO4Si/c1-5-11-20-15-9-7-6-8-14(15)19(18(20)22)13(2)17(25(3,4)23)16(24-19)10-12-21/h5-9,13,16-17,21,23H,1,10-12H2,2-4H3/t13-,16+,17-,19+/m0/s1. The van der Waals surface area contributed by atoms with E-state index in [2.05, 4.69) is 6.58 Å². The van der Waals surface area contributed by atoms with Crippen molar-refractivity contribution >= 4 is 19.9 Å². The molecule has 0 aliphatic carbocycles. The molecule has 6 heteroatoms. The number of fused-ring (bicyclic) bond motifs is 2. The third-order valence-corrected chi connectivity index (χ3v) is 8.12. The number of carbonyl (C=O) groups excluding carboxylic acids is 1. The van der Waals surface area contributed by atoms with E-state index in [0.717, 1.165) is 11.3 Å². The monoisotopic (exact) mass is 361 g/mol. The lowest BCUT2D eigenvalue weighted by atomic mass is 9.82. The fourth-order valence-electron chi connectivity index (χ4n) is 4.74. The largest absolute Gasteiger partial charge is 0.432 e. The molecule has 2 aliphatic heterocycles. The summed E-state index contributed by atoms with van der Waals surface area (Å²) >= 11 is 0. The molecule has 1 fully saturated rings. The van der Waals surface area contributed by atoms with Gasteiger partial charge in [0, 0.05) is 30.2 Å². The second-order valence-corrected chi connectivity index (χ2v) is 11.6. The predicted molar refractivity (Wildman–Crippen MR) is 99.9 cm³/mol. The molecule has 0 unspecified atom stereocenters. The molecule has 1 amide bonds. The Kier molecular flexibility index (Phi) is 4.66. The molecule has 0 aromatic heterocycles. The highest BCUT2D eigenvalue weighted by atomic mass is 28.4. The summed E-state index contributed by atoms with van der Waals surface area (Å²) in [7, 11) is -2.60. The van der Waals surface area contributed by atoms with Crippen molar-refractivity contribution in [2.45, 2.75) is 43.7 Å². The van der Waals surface area contributed by atoms with Crippen molar-refractivity contribution in [1.29, 1.82) is 0 Å². The number of aliphatic hydroxyl groups is 1. The second-order valence-electron chi connectivity index (χ2n) is 7.59. The van der Waals surface area contributed by atoms with Crippen LogP contribution in [0, 0.1) is 5.92 Å². The normalized spacial score (nSPS) is 31.6. The summed E-state index contributed by atoms with van der Waals surface area (Å²) in [6.07, 6.45) is 1.80. The van der Waals surface area contributed by atoms with Crippen LogP contribution < -0.4 is 4.90 Å². The van der Waals surface area contributed by atoms with Crippen LogP contribution in [0.1, 0.15) is 18.9 Å². The summed E-state index contributed by atoms with van der Waals surface area (Å²) in [5.41, 5.74) is 0.496. The SMILES string of the molecule is C=CCN1C(=O)[C@]2(O[C@H](CCO)[C@@H]([Si](C)(C)O)[C@@H]2C)c2ccccc21. The number of hydrogen-bond acceptors (Lipinski definition) is 4. The highest BCUT2D eigenvalue weighted by molar-refractivity contribution is 6.71. The minimum atomic E-state index is -2.60. The number of ether oxygens (including phenoxy) is 1. The number of hydrogen-bond donors (Lipinski definition) is 2. The van der Waals surface area contributed by atoms with Crippen LogP contribution in [0.4, 0.5) is 5.69 Å². The van der Waals surface area contributed by atoms with Crippen molar-refractivity contribution in [3.63, 3.8) is 0 Å². The van der Waals surface area contributed by atoms with E-state index in [-0.39, 0.29) is 30.1 Å². The van der Waals surface area contributed by atoms with Gasteiger partial charge in [-0.05, 0) is 25.6 Å². The van der Waals surface area contributed by atoms with Gasteiger partial charge in [0.15, 0.2) is 13.9 Å². The maximum atomic E-state index is 13.4. The number of benzene rings is 1. The Morgan fingerprint density at radius 1 is 1.40 bits per heavy atom. The van der Waals surface area contributed by atoms with E-state index in [0.29, 0.717) is 13.0 Å². The highest BCUT2D eigenvalue weighted by Gasteiger charge is 2.65. The second kappa shape index (κ2) is 6.36. The van der Waals surface area contributed by atoms with Crippen molar-refractivity contribution < 1.29 is 19.4 Å². The van der Waals surface area contributed by atoms with Crippen LogP contribution in [0.15, 0.2) is 36.9 Å². The van der Waals surface area contributed by atoms with E-state index in [9.17, 15) is 14.7 Å². The summed E-state index contributed by atoms with van der Waals surface area (Å²) < 4.78 is 6.41. The molecule has 4 atom stereocenters. The number of nitrogens with zero attached hydrogens (tertiary/aromatic N) is 1. The number of carbonyl (C=O) groups is 1. The van der Waals surface area contributed by atoms with Gasteiger partial charge in [-0.3, -0.25) is 4.79 Å². The van der Waals surface area contributed by atoms with Gasteiger partial charge in [-0.2, -0.15) is 0 Å². The molecule has 5 nitrogen and oxygen atoms in total. The number of rotatable bonds is 5. The Morgan fingerprint density at radius 2 is 2.08 bits per heavy atom. The topological polar surface area (TPSA) is 70.0 Å². The quantitative estimate of drug-likeness (QED) is 0.624. The Balaban J connectivity index is 2.15. The minimum Gasteiger partial charge on any atom is -0.432 e. The van der Waals surface area contributed by atoms with Crippen molar-refractivity contribution in [3.05, 3.63) is 42.5 Å². The van der Waals surface area contributed by atoms with Crippen LogP contribution in [-0.4, -0.2) is 43.4 Å². The first kappa shape index (κ1) is 18.3. The number of aliphatic hydroxyl groups excluding tert-OH is 1. The molecule has 136 valence electrons. The molecule has 0 saturated carbocycles. The van der Waals surface area contributed by atoms with Crippen molar-refractivity contribution in [3.8, 4) is 0 Å². The lowest BCUT2D eigenvalue weighted by Gasteiger charge is -2.32. The Morgan fingerprint density at radius 3 is 2.68 bits per heavy atom.